The standard InChI is InChI=1S/C15H17N3O3/c19-15(17-9-12-7-16-8-13(12)10-17)6-5-11-3-1-2-4-14(11)18(20)21/h1-6,12-13,16H,7-10H2/b6-5+/t12-,13+. The van der Waals surface area contributed by atoms with Crippen LogP contribution in [0.3, 0.4) is 0 Å². The smallest absolute Gasteiger partial charge is 0.276 e. The minimum atomic E-state index is -0.434. The van der Waals surface area contributed by atoms with Gasteiger partial charge in [0.05, 0.1) is 10.5 Å². The van der Waals surface area contributed by atoms with E-state index in [1.807, 2.05) is 4.90 Å². The third-order valence-corrected chi connectivity index (χ3v) is 4.24. The highest BCUT2D eigenvalue weighted by atomic mass is 16.6. The number of amides is 1. The Morgan fingerprint density at radius 1 is 1.29 bits per heavy atom. The molecule has 0 aliphatic carbocycles. The molecule has 0 radical (unpaired) electrons. The summed E-state index contributed by atoms with van der Waals surface area (Å²) >= 11 is 0. The molecule has 6 nitrogen and oxygen atoms in total. The molecule has 2 heterocycles. The van der Waals surface area contributed by atoms with E-state index in [9.17, 15) is 14.9 Å². The van der Waals surface area contributed by atoms with Gasteiger partial charge in [-0.2, -0.15) is 0 Å². The van der Waals surface area contributed by atoms with Gasteiger partial charge in [0.2, 0.25) is 5.91 Å². The summed E-state index contributed by atoms with van der Waals surface area (Å²) in [6.45, 7) is 3.50. The number of likely N-dealkylation sites (tertiary alicyclic amines) is 1. The summed E-state index contributed by atoms with van der Waals surface area (Å²) < 4.78 is 0. The molecule has 0 spiro atoms. The molecule has 1 aromatic carbocycles. The number of para-hydroxylation sites is 1. The molecule has 6 heteroatoms. The van der Waals surface area contributed by atoms with Crippen molar-refractivity contribution in [3.05, 3.63) is 46.0 Å². The zero-order valence-electron chi connectivity index (χ0n) is 11.6. The van der Waals surface area contributed by atoms with Gasteiger partial charge in [0.25, 0.3) is 5.69 Å². The van der Waals surface area contributed by atoms with Crippen LogP contribution in [0, 0.1) is 22.0 Å². The van der Waals surface area contributed by atoms with E-state index in [1.54, 1.807) is 18.2 Å². The van der Waals surface area contributed by atoms with Gasteiger partial charge in [0, 0.05) is 38.3 Å². The van der Waals surface area contributed by atoms with E-state index in [2.05, 4.69) is 5.32 Å². The van der Waals surface area contributed by atoms with Gasteiger partial charge in [-0.25, -0.2) is 0 Å². The number of fused-ring (bicyclic) bond motifs is 1. The first kappa shape index (κ1) is 13.8. The maximum Gasteiger partial charge on any atom is 0.276 e. The quantitative estimate of drug-likeness (QED) is 0.516. The van der Waals surface area contributed by atoms with Gasteiger partial charge >= 0.3 is 0 Å². The maximum atomic E-state index is 12.2. The highest BCUT2D eigenvalue weighted by Gasteiger charge is 2.37. The van der Waals surface area contributed by atoms with E-state index in [1.165, 1.54) is 18.2 Å². The topological polar surface area (TPSA) is 75.5 Å². The number of nitrogens with one attached hydrogen (secondary N) is 1. The Kier molecular flexibility index (Phi) is 3.70. The number of nitrogens with zero attached hydrogens (tertiary/aromatic N) is 2. The van der Waals surface area contributed by atoms with Crippen LogP contribution in [0.1, 0.15) is 5.56 Å². The highest BCUT2D eigenvalue weighted by molar-refractivity contribution is 5.92. The van der Waals surface area contributed by atoms with Crippen molar-refractivity contribution < 1.29 is 9.72 Å². The molecule has 0 unspecified atom stereocenters. The van der Waals surface area contributed by atoms with Crippen molar-refractivity contribution in [2.45, 2.75) is 0 Å². The Labute approximate surface area is 122 Å². The zero-order chi connectivity index (χ0) is 14.8. The lowest BCUT2D eigenvalue weighted by molar-refractivity contribution is -0.385. The molecule has 1 aromatic rings. The third kappa shape index (κ3) is 2.80. The second kappa shape index (κ2) is 5.65. The zero-order valence-corrected chi connectivity index (χ0v) is 11.6. The van der Waals surface area contributed by atoms with Gasteiger partial charge in [-0.3, -0.25) is 14.9 Å². The number of rotatable bonds is 3. The molecule has 0 aromatic heterocycles. The predicted octanol–water partition coefficient (Wildman–Crippen LogP) is 1.29. The summed E-state index contributed by atoms with van der Waals surface area (Å²) in [6.07, 6.45) is 2.98. The molecule has 2 aliphatic heterocycles. The predicted molar refractivity (Wildman–Crippen MR) is 78.6 cm³/mol. The summed E-state index contributed by atoms with van der Waals surface area (Å²) in [5.74, 6) is 1.03. The lowest BCUT2D eigenvalue weighted by atomic mass is 10.0. The average Bonchev–Trinajstić information content (AvgIpc) is 3.06. The molecular weight excluding hydrogens is 270 g/mol. The van der Waals surface area contributed by atoms with Crippen LogP contribution in [0.15, 0.2) is 30.3 Å². The Hall–Kier alpha value is -2.21. The molecule has 2 atom stereocenters. The fraction of sp³-hybridized carbons (Fsp3) is 0.400. The van der Waals surface area contributed by atoms with E-state index in [0.29, 0.717) is 17.4 Å². The van der Waals surface area contributed by atoms with Crippen LogP contribution in [0.2, 0.25) is 0 Å². The lowest BCUT2D eigenvalue weighted by Crippen LogP contribution is -2.30. The number of carbonyl (C=O) groups excluding carboxylic acids is 1. The van der Waals surface area contributed by atoms with Gasteiger partial charge in [-0.1, -0.05) is 12.1 Å². The third-order valence-electron chi connectivity index (χ3n) is 4.24. The van der Waals surface area contributed by atoms with Crippen LogP contribution in [-0.2, 0) is 4.79 Å². The molecular formula is C15H17N3O3. The molecule has 0 saturated carbocycles. The Bertz CT molecular complexity index is 588. The van der Waals surface area contributed by atoms with Crippen LogP contribution >= 0.6 is 0 Å². The number of hydrogen-bond donors (Lipinski definition) is 1. The summed E-state index contributed by atoms with van der Waals surface area (Å²) in [4.78, 5) is 24.5. The number of nitro groups is 1. The molecule has 1 N–H and O–H groups in total. The summed E-state index contributed by atoms with van der Waals surface area (Å²) in [5.41, 5.74) is 0.473. The fourth-order valence-corrected chi connectivity index (χ4v) is 3.10. The summed E-state index contributed by atoms with van der Waals surface area (Å²) in [6, 6.07) is 6.43. The van der Waals surface area contributed by atoms with Crippen LogP contribution < -0.4 is 5.32 Å². The van der Waals surface area contributed by atoms with Crippen LogP contribution in [0.25, 0.3) is 6.08 Å². The highest BCUT2D eigenvalue weighted by Crippen LogP contribution is 2.26. The van der Waals surface area contributed by atoms with Gasteiger partial charge in [-0.05, 0) is 24.0 Å². The van der Waals surface area contributed by atoms with Crippen molar-refractivity contribution in [3.8, 4) is 0 Å². The number of benzene rings is 1. The van der Waals surface area contributed by atoms with E-state index >= 15 is 0 Å². The van der Waals surface area contributed by atoms with E-state index in [0.717, 1.165) is 26.2 Å². The number of nitro benzene ring substituents is 1. The molecule has 3 rings (SSSR count). The monoisotopic (exact) mass is 287 g/mol. The molecule has 21 heavy (non-hydrogen) atoms. The first-order valence-electron chi connectivity index (χ1n) is 7.06. The van der Waals surface area contributed by atoms with Crippen LogP contribution in [-0.4, -0.2) is 41.9 Å². The Balaban J connectivity index is 1.69. The average molecular weight is 287 g/mol. The molecule has 2 saturated heterocycles. The minimum absolute atomic E-state index is 0.0176. The van der Waals surface area contributed by atoms with E-state index in [4.69, 9.17) is 0 Å². The van der Waals surface area contributed by atoms with Crippen molar-refractivity contribution in [3.63, 3.8) is 0 Å². The minimum Gasteiger partial charge on any atom is -0.338 e. The lowest BCUT2D eigenvalue weighted by Gasteiger charge is -2.14. The van der Waals surface area contributed by atoms with Gasteiger partial charge in [-0.15, -0.1) is 0 Å². The molecule has 0 bridgehead atoms. The van der Waals surface area contributed by atoms with E-state index in [-0.39, 0.29) is 11.6 Å². The summed E-state index contributed by atoms with van der Waals surface area (Å²) in [5, 5.41) is 14.3. The van der Waals surface area contributed by atoms with Crippen molar-refractivity contribution in [1.82, 2.24) is 10.2 Å². The van der Waals surface area contributed by atoms with Crippen LogP contribution in [0.5, 0.6) is 0 Å². The first-order chi connectivity index (χ1) is 10.1. The number of hydrogen-bond acceptors (Lipinski definition) is 4. The van der Waals surface area contributed by atoms with E-state index < -0.39 is 4.92 Å². The van der Waals surface area contributed by atoms with Gasteiger partial charge in [0.1, 0.15) is 0 Å². The molecule has 2 fully saturated rings. The maximum absolute atomic E-state index is 12.2. The fourth-order valence-electron chi connectivity index (χ4n) is 3.10. The van der Waals surface area contributed by atoms with Crippen molar-refractivity contribution >= 4 is 17.7 Å². The summed E-state index contributed by atoms with van der Waals surface area (Å²) in [7, 11) is 0. The Morgan fingerprint density at radius 2 is 1.95 bits per heavy atom. The Morgan fingerprint density at radius 3 is 2.62 bits per heavy atom. The molecule has 2 aliphatic rings. The van der Waals surface area contributed by atoms with Crippen molar-refractivity contribution in [1.29, 1.82) is 0 Å². The normalized spacial score (nSPS) is 24.5. The second-order valence-corrected chi connectivity index (χ2v) is 5.57. The van der Waals surface area contributed by atoms with Gasteiger partial charge in [0.15, 0.2) is 0 Å². The largest absolute Gasteiger partial charge is 0.338 e. The van der Waals surface area contributed by atoms with Crippen molar-refractivity contribution in [2.75, 3.05) is 26.2 Å². The molecule has 110 valence electrons. The first-order valence-corrected chi connectivity index (χ1v) is 7.06. The second-order valence-electron chi connectivity index (χ2n) is 5.57. The number of carbonyl (C=O) groups is 1. The SMILES string of the molecule is O=C(/C=C/c1ccccc1[N+](=O)[O-])N1C[C@H]2CNC[C@H]2C1. The van der Waals surface area contributed by atoms with Crippen molar-refractivity contribution in [2.24, 2.45) is 11.8 Å². The van der Waals surface area contributed by atoms with Gasteiger partial charge < -0.3 is 10.2 Å². The van der Waals surface area contributed by atoms with Crippen LogP contribution in [0.4, 0.5) is 5.69 Å². The molecule has 1 amide bonds.